The number of benzene rings is 3. The summed E-state index contributed by atoms with van der Waals surface area (Å²) in [5.41, 5.74) is 5.40. The van der Waals surface area contributed by atoms with E-state index in [1.165, 1.54) is 23.3 Å². The minimum Gasteiger partial charge on any atom is -0.334 e. The van der Waals surface area contributed by atoms with E-state index in [0.29, 0.717) is 37.3 Å². The van der Waals surface area contributed by atoms with Crippen LogP contribution in [0.2, 0.25) is 10.0 Å². The third-order valence-electron chi connectivity index (χ3n) is 6.36. The highest BCUT2D eigenvalue weighted by molar-refractivity contribution is 6.42. The number of hydrogen-bond acceptors (Lipinski definition) is 2. The zero-order chi connectivity index (χ0) is 22.2. The second-order valence-electron chi connectivity index (χ2n) is 8.30. The first-order chi connectivity index (χ1) is 15.5. The molecule has 32 heavy (non-hydrogen) atoms. The van der Waals surface area contributed by atoms with Gasteiger partial charge in [-0.05, 0) is 47.2 Å². The molecule has 0 aliphatic carbocycles. The molecule has 0 saturated heterocycles. The number of halogens is 2. The molecular formula is C26H22Cl2N2O2. The van der Waals surface area contributed by atoms with Gasteiger partial charge in [-0.3, -0.25) is 9.59 Å². The average molecular weight is 465 g/mol. The van der Waals surface area contributed by atoms with Crippen molar-refractivity contribution in [1.29, 1.82) is 0 Å². The van der Waals surface area contributed by atoms with E-state index in [1.807, 2.05) is 36.4 Å². The van der Waals surface area contributed by atoms with E-state index >= 15 is 0 Å². The molecule has 0 aromatic heterocycles. The summed E-state index contributed by atoms with van der Waals surface area (Å²) in [4.78, 5) is 30.6. The summed E-state index contributed by atoms with van der Waals surface area (Å²) in [6, 6.07) is 19.4. The van der Waals surface area contributed by atoms with Crippen LogP contribution in [0.4, 0.5) is 0 Å². The molecule has 0 bridgehead atoms. The van der Waals surface area contributed by atoms with E-state index in [9.17, 15) is 9.59 Å². The molecule has 3 aromatic rings. The Balaban J connectivity index is 1.46. The first-order valence-electron chi connectivity index (χ1n) is 10.7. The highest BCUT2D eigenvalue weighted by Gasteiger charge is 2.29. The molecule has 2 aliphatic rings. The van der Waals surface area contributed by atoms with Gasteiger partial charge in [0.05, 0.1) is 21.2 Å². The van der Waals surface area contributed by atoms with Crippen LogP contribution in [-0.4, -0.2) is 34.7 Å². The lowest BCUT2D eigenvalue weighted by molar-refractivity contribution is 0.0695. The topological polar surface area (TPSA) is 40.6 Å². The molecular weight excluding hydrogens is 443 g/mol. The van der Waals surface area contributed by atoms with E-state index in [1.54, 1.807) is 9.80 Å². The first-order valence-corrected chi connectivity index (χ1v) is 11.5. The van der Waals surface area contributed by atoms with Gasteiger partial charge in [0.25, 0.3) is 11.8 Å². The maximum Gasteiger partial charge on any atom is 0.255 e. The van der Waals surface area contributed by atoms with E-state index in [4.69, 9.17) is 23.2 Å². The van der Waals surface area contributed by atoms with Gasteiger partial charge in [0.1, 0.15) is 0 Å². The Morgan fingerprint density at radius 1 is 0.625 bits per heavy atom. The zero-order valence-corrected chi connectivity index (χ0v) is 19.0. The Morgan fingerprint density at radius 2 is 1.00 bits per heavy atom. The Bertz CT molecular complexity index is 1130. The molecule has 2 aliphatic heterocycles. The van der Waals surface area contributed by atoms with Gasteiger partial charge in [-0.25, -0.2) is 0 Å². The molecule has 3 aromatic carbocycles. The highest BCUT2D eigenvalue weighted by Crippen LogP contribution is 2.30. The lowest BCUT2D eigenvalue weighted by Crippen LogP contribution is -2.39. The second-order valence-corrected chi connectivity index (χ2v) is 9.12. The third kappa shape index (κ3) is 3.89. The minimum absolute atomic E-state index is 0.196. The number of amides is 2. The van der Waals surface area contributed by atoms with Crippen molar-refractivity contribution >= 4 is 35.0 Å². The van der Waals surface area contributed by atoms with Gasteiger partial charge < -0.3 is 9.80 Å². The summed E-state index contributed by atoms with van der Waals surface area (Å²) >= 11 is 12.6. The van der Waals surface area contributed by atoms with Crippen molar-refractivity contribution in [3.63, 3.8) is 0 Å². The van der Waals surface area contributed by atoms with Crippen molar-refractivity contribution in [2.24, 2.45) is 0 Å². The van der Waals surface area contributed by atoms with Gasteiger partial charge in [-0.2, -0.15) is 0 Å². The fraction of sp³-hybridized carbons (Fsp3) is 0.231. The summed E-state index contributed by atoms with van der Waals surface area (Å²) in [5, 5.41) is 0.543. The summed E-state index contributed by atoms with van der Waals surface area (Å²) in [6.07, 6.45) is 1.57. The molecule has 0 N–H and O–H groups in total. The van der Waals surface area contributed by atoms with Crippen LogP contribution in [0.1, 0.15) is 43.0 Å². The smallest absolute Gasteiger partial charge is 0.255 e. The van der Waals surface area contributed by atoms with E-state index in [-0.39, 0.29) is 21.9 Å². The predicted octanol–water partition coefficient (Wildman–Crippen LogP) is 5.39. The number of carbonyl (C=O) groups excluding carboxylic acids is 2. The summed E-state index contributed by atoms with van der Waals surface area (Å²) in [7, 11) is 0. The Labute approximate surface area is 197 Å². The van der Waals surface area contributed by atoms with Crippen LogP contribution in [0.5, 0.6) is 0 Å². The van der Waals surface area contributed by atoms with Crippen molar-refractivity contribution < 1.29 is 9.59 Å². The lowest BCUT2D eigenvalue weighted by Gasteiger charge is -2.31. The van der Waals surface area contributed by atoms with Gasteiger partial charge in [-0.1, -0.05) is 71.7 Å². The number of nitrogens with zero attached hydrogens (tertiary/aromatic N) is 2. The lowest BCUT2D eigenvalue weighted by atomic mass is 9.97. The summed E-state index contributed by atoms with van der Waals surface area (Å²) in [6.45, 7) is 2.22. The number of fused-ring (bicyclic) bond motifs is 2. The maximum atomic E-state index is 13.5. The Kier molecular flexibility index (Phi) is 5.66. The van der Waals surface area contributed by atoms with Crippen LogP contribution in [0.3, 0.4) is 0 Å². The molecule has 0 atom stereocenters. The molecule has 162 valence electrons. The van der Waals surface area contributed by atoms with Crippen LogP contribution in [0, 0.1) is 0 Å². The highest BCUT2D eigenvalue weighted by atomic mass is 35.5. The molecule has 6 heteroatoms. The fourth-order valence-electron chi connectivity index (χ4n) is 4.58. The number of hydrogen-bond donors (Lipinski definition) is 0. The van der Waals surface area contributed by atoms with Gasteiger partial charge in [0.2, 0.25) is 0 Å². The van der Waals surface area contributed by atoms with Crippen LogP contribution in [0.15, 0.2) is 60.7 Å². The largest absolute Gasteiger partial charge is 0.334 e. The quantitative estimate of drug-likeness (QED) is 0.509. The van der Waals surface area contributed by atoms with Crippen molar-refractivity contribution in [3.05, 3.63) is 104 Å². The predicted molar refractivity (Wildman–Crippen MR) is 126 cm³/mol. The minimum atomic E-state index is -0.196. The van der Waals surface area contributed by atoms with Gasteiger partial charge >= 0.3 is 0 Å². The zero-order valence-electron chi connectivity index (χ0n) is 17.5. The van der Waals surface area contributed by atoms with Crippen molar-refractivity contribution in [1.82, 2.24) is 9.80 Å². The molecule has 4 nitrogen and oxygen atoms in total. The molecule has 2 heterocycles. The first kappa shape index (κ1) is 21.0. The van der Waals surface area contributed by atoms with Crippen molar-refractivity contribution in [2.75, 3.05) is 13.1 Å². The van der Waals surface area contributed by atoms with E-state index in [2.05, 4.69) is 12.1 Å². The standard InChI is InChI=1S/C26H22Cl2N2O2/c27-23-13-21(25(31)29-11-9-17-5-1-3-7-19(17)15-29)22(14-24(23)28)26(32)30-12-10-18-6-2-4-8-20(18)16-30/h1-8,13-14H,9-12,15-16H2. The maximum absolute atomic E-state index is 13.5. The van der Waals surface area contributed by atoms with Gasteiger partial charge in [0.15, 0.2) is 0 Å². The van der Waals surface area contributed by atoms with Crippen molar-refractivity contribution in [3.8, 4) is 0 Å². The molecule has 0 spiro atoms. The molecule has 0 radical (unpaired) electrons. The third-order valence-corrected chi connectivity index (χ3v) is 7.08. The Morgan fingerprint density at radius 3 is 1.41 bits per heavy atom. The molecule has 0 unspecified atom stereocenters. The van der Waals surface area contributed by atoms with Gasteiger partial charge in [0, 0.05) is 26.2 Å². The Hall–Kier alpha value is -2.82. The van der Waals surface area contributed by atoms with E-state index in [0.717, 1.165) is 24.0 Å². The molecule has 0 saturated carbocycles. The molecule has 5 rings (SSSR count). The van der Waals surface area contributed by atoms with Crippen LogP contribution < -0.4 is 0 Å². The van der Waals surface area contributed by atoms with Crippen molar-refractivity contribution in [2.45, 2.75) is 25.9 Å². The molecule has 2 amide bonds. The number of rotatable bonds is 2. The second kappa shape index (κ2) is 8.61. The summed E-state index contributed by atoms with van der Waals surface area (Å²) < 4.78 is 0. The SMILES string of the molecule is O=C(c1cc(Cl)c(Cl)cc1C(=O)N1CCc2ccccc2C1)N1CCc2ccccc2C1. The number of carbonyl (C=O) groups is 2. The summed E-state index contributed by atoms with van der Waals surface area (Å²) in [5.74, 6) is -0.391. The van der Waals surface area contributed by atoms with Gasteiger partial charge in [-0.15, -0.1) is 0 Å². The van der Waals surface area contributed by atoms with Crippen LogP contribution >= 0.6 is 23.2 Å². The fourth-order valence-corrected chi connectivity index (χ4v) is 4.91. The molecule has 0 fully saturated rings. The van der Waals surface area contributed by atoms with Crippen LogP contribution in [0.25, 0.3) is 0 Å². The average Bonchev–Trinajstić information content (AvgIpc) is 2.84. The van der Waals surface area contributed by atoms with Crippen LogP contribution in [-0.2, 0) is 25.9 Å². The normalized spacial score (nSPS) is 15.2. The monoisotopic (exact) mass is 464 g/mol. The van der Waals surface area contributed by atoms with E-state index < -0.39 is 0 Å².